The molecule has 0 fully saturated rings. The molecule has 15 heavy (non-hydrogen) atoms. The van der Waals surface area contributed by atoms with E-state index >= 15 is 0 Å². The van der Waals surface area contributed by atoms with E-state index < -0.39 is 0 Å². The smallest absolute Gasteiger partial charge is 0.130 e. The van der Waals surface area contributed by atoms with E-state index in [-0.39, 0.29) is 6.04 Å². The number of nitrogens with two attached hydrogens (primary N) is 1. The summed E-state index contributed by atoms with van der Waals surface area (Å²) in [6, 6.07) is -0.210. The molecule has 80 valence electrons. The molecule has 0 aromatic carbocycles. The molecular formula is C10H15N5. The molecule has 2 aromatic rings. The van der Waals surface area contributed by atoms with Crippen molar-refractivity contribution >= 4 is 0 Å². The summed E-state index contributed by atoms with van der Waals surface area (Å²) >= 11 is 0. The van der Waals surface area contributed by atoms with Crippen molar-refractivity contribution in [3.05, 3.63) is 35.7 Å². The van der Waals surface area contributed by atoms with Crippen molar-refractivity contribution in [2.24, 2.45) is 19.8 Å². The highest BCUT2D eigenvalue weighted by atomic mass is 15.3. The molecule has 2 aromatic heterocycles. The number of nitrogens with zero attached hydrogens (tertiary/aromatic N) is 4. The van der Waals surface area contributed by atoms with E-state index in [1.54, 1.807) is 12.4 Å². The number of hydrogen-bond donors (Lipinski definition) is 1. The Morgan fingerprint density at radius 3 is 2.60 bits per heavy atom. The Morgan fingerprint density at radius 2 is 2.13 bits per heavy atom. The summed E-state index contributed by atoms with van der Waals surface area (Å²) < 4.78 is 3.75. The summed E-state index contributed by atoms with van der Waals surface area (Å²) in [5.74, 6) is 0.853. The molecule has 1 unspecified atom stereocenters. The lowest BCUT2D eigenvalue weighted by atomic mass is 10.1. The molecule has 2 N–H and O–H groups in total. The predicted octanol–water partition coefficient (Wildman–Crippen LogP) is 0.510. The van der Waals surface area contributed by atoms with E-state index in [0.717, 1.165) is 17.1 Å². The Kier molecular flexibility index (Phi) is 2.32. The van der Waals surface area contributed by atoms with Gasteiger partial charge in [0.1, 0.15) is 5.82 Å². The van der Waals surface area contributed by atoms with Crippen LogP contribution in [-0.2, 0) is 14.1 Å². The molecule has 0 spiro atoms. The Labute approximate surface area is 88.5 Å². The summed E-state index contributed by atoms with van der Waals surface area (Å²) in [6.07, 6.45) is 5.44. The number of aromatic nitrogens is 4. The van der Waals surface area contributed by atoms with Gasteiger partial charge in [0, 0.05) is 37.7 Å². The Hall–Kier alpha value is -1.62. The molecule has 2 heterocycles. The van der Waals surface area contributed by atoms with Gasteiger partial charge in [0.05, 0.1) is 12.2 Å². The SMILES string of the molecule is Cc1c(C(N)c2nccn2C)cnn1C. The molecular weight excluding hydrogens is 190 g/mol. The van der Waals surface area contributed by atoms with Crippen LogP contribution in [0.1, 0.15) is 23.1 Å². The maximum Gasteiger partial charge on any atom is 0.130 e. The second kappa shape index (κ2) is 3.51. The number of rotatable bonds is 2. The number of imidazole rings is 1. The summed E-state index contributed by atoms with van der Waals surface area (Å²) in [5, 5.41) is 4.18. The standard InChI is InChI=1S/C10H15N5/c1-7-8(6-13-15(7)3)9(11)10-12-4-5-14(10)2/h4-6,9H,11H2,1-3H3. The van der Waals surface area contributed by atoms with Gasteiger partial charge in [-0.25, -0.2) is 4.98 Å². The topological polar surface area (TPSA) is 61.7 Å². The van der Waals surface area contributed by atoms with Crippen LogP contribution in [0.3, 0.4) is 0 Å². The molecule has 0 bridgehead atoms. The zero-order chi connectivity index (χ0) is 11.0. The van der Waals surface area contributed by atoms with Crippen LogP contribution in [0.15, 0.2) is 18.6 Å². The van der Waals surface area contributed by atoms with Gasteiger partial charge in [0.15, 0.2) is 0 Å². The second-order valence-corrected chi connectivity index (χ2v) is 3.68. The Balaban J connectivity index is 2.41. The fraction of sp³-hybridized carbons (Fsp3) is 0.400. The van der Waals surface area contributed by atoms with Gasteiger partial charge in [-0.15, -0.1) is 0 Å². The van der Waals surface area contributed by atoms with E-state index in [1.165, 1.54) is 0 Å². The maximum absolute atomic E-state index is 6.14. The molecule has 0 radical (unpaired) electrons. The zero-order valence-corrected chi connectivity index (χ0v) is 9.18. The van der Waals surface area contributed by atoms with Gasteiger partial charge in [-0.05, 0) is 6.92 Å². The van der Waals surface area contributed by atoms with Crippen molar-refractivity contribution in [1.29, 1.82) is 0 Å². The molecule has 0 aliphatic carbocycles. The minimum Gasteiger partial charge on any atom is -0.336 e. The van der Waals surface area contributed by atoms with Gasteiger partial charge >= 0.3 is 0 Å². The monoisotopic (exact) mass is 205 g/mol. The van der Waals surface area contributed by atoms with E-state index in [0.29, 0.717) is 0 Å². The van der Waals surface area contributed by atoms with Gasteiger partial charge in [0.2, 0.25) is 0 Å². The van der Waals surface area contributed by atoms with Crippen molar-refractivity contribution in [1.82, 2.24) is 19.3 Å². The minimum absolute atomic E-state index is 0.210. The first-order valence-corrected chi connectivity index (χ1v) is 4.82. The van der Waals surface area contributed by atoms with Crippen molar-refractivity contribution in [3.8, 4) is 0 Å². The molecule has 2 rings (SSSR count). The zero-order valence-electron chi connectivity index (χ0n) is 9.18. The highest BCUT2D eigenvalue weighted by Gasteiger charge is 2.17. The lowest BCUT2D eigenvalue weighted by Gasteiger charge is -2.10. The predicted molar refractivity (Wildman–Crippen MR) is 57.2 cm³/mol. The van der Waals surface area contributed by atoms with Crippen molar-refractivity contribution in [3.63, 3.8) is 0 Å². The molecule has 1 atom stereocenters. The van der Waals surface area contributed by atoms with Crippen LogP contribution in [0.25, 0.3) is 0 Å². The van der Waals surface area contributed by atoms with Crippen LogP contribution in [-0.4, -0.2) is 19.3 Å². The van der Waals surface area contributed by atoms with Crippen LogP contribution in [0.5, 0.6) is 0 Å². The van der Waals surface area contributed by atoms with Gasteiger partial charge in [0.25, 0.3) is 0 Å². The first-order chi connectivity index (χ1) is 7.11. The van der Waals surface area contributed by atoms with Crippen LogP contribution >= 0.6 is 0 Å². The van der Waals surface area contributed by atoms with Crippen molar-refractivity contribution < 1.29 is 0 Å². The highest BCUT2D eigenvalue weighted by molar-refractivity contribution is 5.26. The maximum atomic E-state index is 6.14. The molecule has 5 heteroatoms. The second-order valence-electron chi connectivity index (χ2n) is 3.68. The summed E-state index contributed by atoms with van der Waals surface area (Å²) in [5.41, 5.74) is 8.23. The fourth-order valence-electron chi connectivity index (χ4n) is 1.64. The molecule has 0 saturated carbocycles. The molecule has 5 nitrogen and oxygen atoms in total. The van der Waals surface area contributed by atoms with Gasteiger partial charge in [-0.2, -0.15) is 5.10 Å². The van der Waals surface area contributed by atoms with Crippen LogP contribution in [0, 0.1) is 6.92 Å². The lowest BCUT2D eigenvalue weighted by molar-refractivity contribution is 0.702. The average Bonchev–Trinajstić information content (AvgIpc) is 2.75. The van der Waals surface area contributed by atoms with Crippen LogP contribution < -0.4 is 5.73 Å². The van der Waals surface area contributed by atoms with E-state index in [4.69, 9.17) is 5.73 Å². The minimum atomic E-state index is -0.210. The third-order valence-electron chi connectivity index (χ3n) is 2.74. The van der Waals surface area contributed by atoms with Crippen molar-refractivity contribution in [2.45, 2.75) is 13.0 Å². The first-order valence-electron chi connectivity index (χ1n) is 4.82. The Bertz CT molecular complexity index is 468. The summed E-state index contributed by atoms with van der Waals surface area (Å²) in [6.45, 7) is 2.01. The Morgan fingerprint density at radius 1 is 1.40 bits per heavy atom. The lowest BCUT2D eigenvalue weighted by Crippen LogP contribution is -2.17. The summed E-state index contributed by atoms with van der Waals surface area (Å²) in [4.78, 5) is 4.24. The molecule has 0 saturated heterocycles. The quantitative estimate of drug-likeness (QED) is 0.777. The van der Waals surface area contributed by atoms with Gasteiger partial charge in [-0.3, -0.25) is 4.68 Å². The molecule has 0 aliphatic rings. The van der Waals surface area contributed by atoms with Crippen LogP contribution in [0.4, 0.5) is 0 Å². The normalized spacial score (nSPS) is 13.1. The van der Waals surface area contributed by atoms with Gasteiger partial charge < -0.3 is 10.3 Å². The first kappa shape index (κ1) is 9.92. The van der Waals surface area contributed by atoms with E-state index in [2.05, 4.69) is 10.1 Å². The molecule has 0 aliphatic heterocycles. The third kappa shape index (κ3) is 1.55. The van der Waals surface area contributed by atoms with Crippen LogP contribution in [0.2, 0.25) is 0 Å². The summed E-state index contributed by atoms with van der Waals surface area (Å²) in [7, 11) is 3.85. The highest BCUT2D eigenvalue weighted by Crippen LogP contribution is 2.19. The van der Waals surface area contributed by atoms with Gasteiger partial charge in [-0.1, -0.05) is 0 Å². The fourth-order valence-corrected chi connectivity index (χ4v) is 1.64. The largest absolute Gasteiger partial charge is 0.336 e. The van der Waals surface area contributed by atoms with E-state index in [9.17, 15) is 0 Å². The number of aryl methyl sites for hydroxylation is 2. The van der Waals surface area contributed by atoms with E-state index in [1.807, 2.05) is 36.5 Å². The molecule has 0 amide bonds. The van der Waals surface area contributed by atoms with Crippen molar-refractivity contribution in [2.75, 3.05) is 0 Å². The third-order valence-corrected chi connectivity index (χ3v) is 2.74. The number of hydrogen-bond acceptors (Lipinski definition) is 3. The average molecular weight is 205 g/mol.